The van der Waals surface area contributed by atoms with Crippen molar-refractivity contribution >= 4 is 13.5 Å². The van der Waals surface area contributed by atoms with Gasteiger partial charge < -0.3 is 4.74 Å². The second-order valence-electron chi connectivity index (χ2n) is 2.29. The monoisotopic (exact) mass is 170 g/mol. The first-order valence-electron chi connectivity index (χ1n) is 3.42. The van der Waals surface area contributed by atoms with Gasteiger partial charge in [-0.25, -0.2) is 0 Å². The smallest absolute Gasteiger partial charge is 0.0793 e. The van der Waals surface area contributed by atoms with Gasteiger partial charge in [-0.1, -0.05) is 30.3 Å². The summed E-state index contributed by atoms with van der Waals surface area (Å²) in [5.74, 6) is 0. The zero-order valence-electron chi connectivity index (χ0n) is 6.87. The van der Waals surface area contributed by atoms with Gasteiger partial charge in [-0.2, -0.15) is 13.5 Å². The van der Waals surface area contributed by atoms with Crippen molar-refractivity contribution in [3.05, 3.63) is 35.9 Å². The predicted molar refractivity (Wildman–Crippen MR) is 52.2 cm³/mol. The van der Waals surface area contributed by atoms with E-state index in [-0.39, 0.29) is 19.6 Å². The molecule has 1 aromatic carbocycles. The minimum Gasteiger partial charge on any atom is -0.377 e. The van der Waals surface area contributed by atoms with Crippen LogP contribution in [0.1, 0.15) is 18.6 Å². The van der Waals surface area contributed by atoms with E-state index in [1.807, 2.05) is 25.1 Å². The molecule has 2 heteroatoms. The summed E-state index contributed by atoms with van der Waals surface area (Å²) in [6.07, 6.45) is 0.209. The summed E-state index contributed by atoms with van der Waals surface area (Å²) >= 11 is 0. The zero-order valence-corrected chi connectivity index (χ0v) is 7.87. The molecule has 0 heterocycles. The molecule has 0 aliphatic heterocycles. The van der Waals surface area contributed by atoms with Crippen LogP contribution < -0.4 is 0 Å². The molecule has 0 aliphatic carbocycles. The number of rotatable bonds is 2. The third-order valence-corrected chi connectivity index (χ3v) is 1.62. The molecular weight excluding hydrogens is 156 g/mol. The SMILES string of the molecule is COC(C)c1ccccc1.S. The number of hydrogen-bond donors (Lipinski definition) is 0. The lowest BCUT2D eigenvalue weighted by atomic mass is 10.1. The largest absolute Gasteiger partial charge is 0.377 e. The quantitative estimate of drug-likeness (QED) is 0.662. The fourth-order valence-corrected chi connectivity index (χ4v) is 0.860. The maximum atomic E-state index is 5.14. The zero-order chi connectivity index (χ0) is 7.40. The molecule has 1 rings (SSSR count). The lowest BCUT2D eigenvalue weighted by Gasteiger charge is -2.07. The molecule has 0 radical (unpaired) electrons. The molecule has 0 N–H and O–H groups in total. The van der Waals surface area contributed by atoms with Crippen molar-refractivity contribution in [3.8, 4) is 0 Å². The fourth-order valence-electron chi connectivity index (χ4n) is 0.860. The first kappa shape index (κ1) is 10.5. The minimum absolute atomic E-state index is 0. The standard InChI is InChI=1S/C9H12O.H2S/c1-8(10-2)9-6-4-3-5-7-9;/h3-8H,1-2H3;1H2. The number of methoxy groups -OCH3 is 1. The lowest BCUT2D eigenvalue weighted by Crippen LogP contribution is -1.93. The second kappa shape index (κ2) is 5.22. The number of ether oxygens (including phenoxy) is 1. The van der Waals surface area contributed by atoms with Crippen molar-refractivity contribution in [2.75, 3.05) is 7.11 Å². The Labute approximate surface area is 74.8 Å². The van der Waals surface area contributed by atoms with E-state index in [9.17, 15) is 0 Å². The third kappa shape index (κ3) is 2.95. The first-order valence-corrected chi connectivity index (χ1v) is 3.42. The molecule has 1 unspecified atom stereocenters. The van der Waals surface area contributed by atoms with Gasteiger partial charge in [-0.3, -0.25) is 0 Å². The van der Waals surface area contributed by atoms with E-state index in [0.29, 0.717) is 0 Å². The highest BCUT2D eigenvalue weighted by Crippen LogP contribution is 2.13. The molecule has 0 aromatic heterocycles. The van der Waals surface area contributed by atoms with Gasteiger partial charge in [0.1, 0.15) is 0 Å². The van der Waals surface area contributed by atoms with Crippen molar-refractivity contribution in [1.82, 2.24) is 0 Å². The first-order chi connectivity index (χ1) is 4.84. The molecule has 0 bridgehead atoms. The molecule has 11 heavy (non-hydrogen) atoms. The van der Waals surface area contributed by atoms with Crippen LogP contribution in [0.2, 0.25) is 0 Å². The van der Waals surface area contributed by atoms with Gasteiger partial charge in [0.05, 0.1) is 6.10 Å². The van der Waals surface area contributed by atoms with Gasteiger partial charge in [0.15, 0.2) is 0 Å². The van der Waals surface area contributed by atoms with E-state index >= 15 is 0 Å². The fraction of sp³-hybridized carbons (Fsp3) is 0.333. The topological polar surface area (TPSA) is 9.23 Å². The van der Waals surface area contributed by atoms with Crippen LogP contribution in [0.5, 0.6) is 0 Å². The average molecular weight is 170 g/mol. The van der Waals surface area contributed by atoms with E-state index in [2.05, 4.69) is 12.1 Å². The highest BCUT2D eigenvalue weighted by atomic mass is 32.1. The normalized spacial score (nSPS) is 11.8. The molecule has 0 aliphatic rings. The Morgan fingerprint density at radius 3 is 2.18 bits per heavy atom. The van der Waals surface area contributed by atoms with Gasteiger partial charge >= 0.3 is 0 Å². The van der Waals surface area contributed by atoms with Crippen LogP contribution in [-0.2, 0) is 4.74 Å². The Hall–Kier alpha value is -0.470. The van der Waals surface area contributed by atoms with Crippen LogP contribution in [0.4, 0.5) is 0 Å². The van der Waals surface area contributed by atoms with Crippen LogP contribution in [0.3, 0.4) is 0 Å². The molecule has 1 atom stereocenters. The van der Waals surface area contributed by atoms with Crippen molar-refractivity contribution in [2.24, 2.45) is 0 Å². The van der Waals surface area contributed by atoms with Crippen LogP contribution >= 0.6 is 13.5 Å². The molecule has 62 valence electrons. The summed E-state index contributed by atoms with van der Waals surface area (Å²) in [6.45, 7) is 2.04. The van der Waals surface area contributed by atoms with E-state index in [4.69, 9.17) is 4.74 Å². The maximum absolute atomic E-state index is 5.14. The van der Waals surface area contributed by atoms with Gasteiger partial charge in [-0.15, -0.1) is 0 Å². The van der Waals surface area contributed by atoms with E-state index in [0.717, 1.165) is 0 Å². The minimum atomic E-state index is 0. The highest BCUT2D eigenvalue weighted by molar-refractivity contribution is 7.59. The Morgan fingerprint density at radius 2 is 1.73 bits per heavy atom. The Balaban J connectivity index is 0.000001000. The van der Waals surface area contributed by atoms with E-state index in [1.54, 1.807) is 7.11 Å². The number of hydrogen-bond acceptors (Lipinski definition) is 1. The molecule has 0 fully saturated rings. The summed E-state index contributed by atoms with van der Waals surface area (Å²) in [7, 11) is 1.72. The van der Waals surface area contributed by atoms with Crippen LogP contribution in [-0.4, -0.2) is 7.11 Å². The molecule has 1 nitrogen and oxygen atoms in total. The average Bonchev–Trinajstić information content (AvgIpc) is 2.05. The van der Waals surface area contributed by atoms with Crippen molar-refractivity contribution in [3.63, 3.8) is 0 Å². The summed E-state index contributed by atoms with van der Waals surface area (Å²) < 4.78 is 5.14. The van der Waals surface area contributed by atoms with Gasteiger partial charge in [0.2, 0.25) is 0 Å². The lowest BCUT2D eigenvalue weighted by molar-refractivity contribution is 0.119. The van der Waals surface area contributed by atoms with Crippen LogP contribution in [0, 0.1) is 0 Å². The third-order valence-electron chi connectivity index (χ3n) is 1.62. The maximum Gasteiger partial charge on any atom is 0.0793 e. The Morgan fingerprint density at radius 1 is 1.18 bits per heavy atom. The van der Waals surface area contributed by atoms with Crippen molar-refractivity contribution < 1.29 is 4.74 Å². The highest BCUT2D eigenvalue weighted by Gasteiger charge is 1.99. The van der Waals surface area contributed by atoms with Crippen molar-refractivity contribution in [2.45, 2.75) is 13.0 Å². The van der Waals surface area contributed by atoms with Gasteiger partial charge in [-0.05, 0) is 12.5 Å². The van der Waals surface area contributed by atoms with Gasteiger partial charge in [0.25, 0.3) is 0 Å². The van der Waals surface area contributed by atoms with Crippen molar-refractivity contribution in [1.29, 1.82) is 0 Å². The van der Waals surface area contributed by atoms with Crippen LogP contribution in [0.25, 0.3) is 0 Å². The van der Waals surface area contributed by atoms with E-state index in [1.165, 1.54) is 5.56 Å². The Bertz CT molecular complexity index is 186. The molecular formula is C9H14OS. The predicted octanol–water partition coefficient (Wildman–Crippen LogP) is 2.51. The molecule has 0 spiro atoms. The second-order valence-corrected chi connectivity index (χ2v) is 2.29. The van der Waals surface area contributed by atoms with Crippen LogP contribution in [0.15, 0.2) is 30.3 Å². The summed E-state index contributed by atoms with van der Waals surface area (Å²) in [4.78, 5) is 0. The van der Waals surface area contributed by atoms with Gasteiger partial charge in [0, 0.05) is 7.11 Å². The van der Waals surface area contributed by atoms with E-state index < -0.39 is 0 Å². The summed E-state index contributed by atoms with van der Waals surface area (Å²) in [5, 5.41) is 0. The summed E-state index contributed by atoms with van der Waals surface area (Å²) in [5.41, 5.74) is 1.23. The summed E-state index contributed by atoms with van der Waals surface area (Å²) in [6, 6.07) is 10.2. The molecule has 0 amide bonds. The number of benzene rings is 1. The Kier molecular flexibility index (Phi) is 4.99. The molecule has 1 aromatic rings. The molecule has 0 saturated carbocycles. The molecule has 0 saturated heterocycles.